The fourth-order valence-electron chi connectivity index (χ4n) is 2.83. The van der Waals surface area contributed by atoms with E-state index in [0.717, 1.165) is 0 Å². The number of ether oxygens (including phenoxy) is 1. The summed E-state index contributed by atoms with van der Waals surface area (Å²) in [5.74, 6) is 1.84. The van der Waals surface area contributed by atoms with Crippen LogP contribution in [-0.4, -0.2) is 51.0 Å². The van der Waals surface area contributed by atoms with Gasteiger partial charge in [-0.2, -0.15) is 15.2 Å². The van der Waals surface area contributed by atoms with Crippen LogP contribution in [0.4, 0.5) is 11.8 Å². The van der Waals surface area contributed by atoms with E-state index in [2.05, 4.69) is 36.8 Å². The molecule has 0 spiro atoms. The summed E-state index contributed by atoms with van der Waals surface area (Å²) in [6, 6.07) is 2.13. The van der Waals surface area contributed by atoms with Gasteiger partial charge in [0.05, 0.1) is 12.3 Å². The largest absolute Gasteiger partial charge is 0.392 e. The predicted octanol–water partition coefficient (Wildman–Crippen LogP) is 1.10. The summed E-state index contributed by atoms with van der Waals surface area (Å²) in [7, 11) is 1.57. The molecule has 0 radical (unpaired) electrons. The van der Waals surface area contributed by atoms with Gasteiger partial charge in [-0.15, -0.1) is 0 Å². The molecule has 27 heavy (non-hydrogen) atoms. The number of nitrogens with zero attached hydrogens (tertiary/aromatic N) is 5. The molecule has 0 aliphatic heterocycles. The van der Waals surface area contributed by atoms with Crippen LogP contribution in [0.1, 0.15) is 37.5 Å². The molecule has 3 N–H and O–H groups in total. The van der Waals surface area contributed by atoms with Gasteiger partial charge in [0.2, 0.25) is 11.8 Å². The van der Waals surface area contributed by atoms with Crippen molar-refractivity contribution in [2.45, 2.75) is 45.4 Å². The van der Waals surface area contributed by atoms with Gasteiger partial charge in [-0.25, -0.2) is 4.98 Å². The standard InChI is InChI=1S/C17H23N7O3/c1-17(2)11(6-12(17)25)21-15-10(7-18)8-20-16(23-15)19-5-4-14-22-13(9-26-3)24-27-14/h8,11-12,25H,4-6,9H2,1-3H3,(H2,19,20,21,23)/t11-,12?/m1/s1. The normalized spacial score (nSPS) is 20.6. The Kier molecular flexibility index (Phi) is 5.53. The summed E-state index contributed by atoms with van der Waals surface area (Å²) in [6.07, 6.45) is 2.23. The van der Waals surface area contributed by atoms with Gasteiger partial charge in [0.1, 0.15) is 24.1 Å². The third-order valence-corrected chi connectivity index (χ3v) is 4.84. The van der Waals surface area contributed by atoms with Crippen LogP contribution in [0.15, 0.2) is 10.7 Å². The number of methoxy groups -OCH3 is 1. The summed E-state index contributed by atoms with van der Waals surface area (Å²) in [4.78, 5) is 12.7. The molecule has 2 aromatic rings. The molecule has 0 bridgehead atoms. The maximum absolute atomic E-state index is 9.89. The lowest BCUT2D eigenvalue weighted by molar-refractivity contribution is -0.0511. The molecule has 0 saturated heterocycles. The van der Waals surface area contributed by atoms with Crippen LogP contribution in [0.2, 0.25) is 0 Å². The molecule has 1 saturated carbocycles. The lowest BCUT2D eigenvalue weighted by Crippen LogP contribution is -2.57. The average molecular weight is 373 g/mol. The van der Waals surface area contributed by atoms with Crippen molar-refractivity contribution < 1.29 is 14.4 Å². The van der Waals surface area contributed by atoms with Crippen LogP contribution >= 0.6 is 0 Å². The van der Waals surface area contributed by atoms with Crippen molar-refractivity contribution in [1.82, 2.24) is 20.1 Å². The molecule has 2 aromatic heterocycles. The molecule has 3 rings (SSSR count). The molecule has 1 aliphatic rings. The third kappa shape index (κ3) is 4.15. The Morgan fingerprint density at radius 2 is 2.26 bits per heavy atom. The molecule has 1 unspecified atom stereocenters. The van der Waals surface area contributed by atoms with Crippen molar-refractivity contribution >= 4 is 11.8 Å². The second kappa shape index (κ2) is 7.85. The van der Waals surface area contributed by atoms with E-state index in [1.807, 2.05) is 13.8 Å². The van der Waals surface area contributed by atoms with E-state index >= 15 is 0 Å². The van der Waals surface area contributed by atoms with Crippen molar-refractivity contribution in [2.75, 3.05) is 24.3 Å². The fraction of sp³-hybridized carbons (Fsp3) is 0.588. The van der Waals surface area contributed by atoms with Crippen molar-refractivity contribution in [3.8, 4) is 6.07 Å². The number of rotatable bonds is 8. The maximum Gasteiger partial charge on any atom is 0.228 e. The summed E-state index contributed by atoms with van der Waals surface area (Å²) in [5, 5.41) is 29.3. The van der Waals surface area contributed by atoms with Gasteiger partial charge in [0.25, 0.3) is 0 Å². The zero-order valence-corrected chi connectivity index (χ0v) is 15.6. The van der Waals surface area contributed by atoms with E-state index in [-0.39, 0.29) is 17.6 Å². The number of nitriles is 1. The number of hydrogen-bond donors (Lipinski definition) is 3. The monoisotopic (exact) mass is 373 g/mol. The van der Waals surface area contributed by atoms with Crippen LogP contribution in [-0.2, 0) is 17.8 Å². The number of nitrogens with one attached hydrogen (secondary N) is 2. The van der Waals surface area contributed by atoms with Crippen LogP contribution in [0.5, 0.6) is 0 Å². The topological polar surface area (TPSA) is 142 Å². The van der Waals surface area contributed by atoms with E-state index in [1.165, 1.54) is 6.20 Å². The molecule has 144 valence electrons. The minimum absolute atomic E-state index is 0.0416. The Bertz CT molecular complexity index is 830. The second-order valence-corrected chi connectivity index (χ2v) is 7.05. The van der Waals surface area contributed by atoms with E-state index in [9.17, 15) is 10.4 Å². The first kappa shape index (κ1) is 19.0. The Morgan fingerprint density at radius 3 is 2.93 bits per heavy atom. The second-order valence-electron chi connectivity index (χ2n) is 7.05. The molecule has 10 heteroatoms. The van der Waals surface area contributed by atoms with E-state index in [1.54, 1.807) is 7.11 Å². The van der Waals surface area contributed by atoms with Crippen LogP contribution < -0.4 is 10.6 Å². The molecule has 1 aliphatic carbocycles. The van der Waals surface area contributed by atoms with Crippen molar-refractivity contribution in [2.24, 2.45) is 5.41 Å². The molecule has 2 atom stereocenters. The van der Waals surface area contributed by atoms with Crippen molar-refractivity contribution in [3.05, 3.63) is 23.5 Å². The van der Waals surface area contributed by atoms with E-state index < -0.39 is 0 Å². The van der Waals surface area contributed by atoms with Gasteiger partial charge in [-0.3, -0.25) is 0 Å². The number of aliphatic hydroxyl groups excluding tert-OH is 1. The minimum atomic E-state index is -0.364. The first-order chi connectivity index (χ1) is 12.9. The minimum Gasteiger partial charge on any atom is -0.392 e. The molecule has 0 amide bonds. The zero-order valence-electron chi connectivity index (χ0n) is 15.6. The average Bonchev–Trinajstić information content (AvgIpc) is 3.09. The lowest BCUT2D eigenvalue weighted by Gasteiger charge is -2.49. The Labute approximate surface area is 157 Å². The first-order valence-corrected chi connectivity index (χ1v) is 8.70. The smallest absolute Gasteiger partial charge is 0.228 e. The molecule has 2 heterocycles. The summed E-state index contributed by atoms with van der Waals surface area (Å²) < 4.78 is 10.1. The van der Waals surface area contributed by atoms with Crippen LogP contribution in [0.3, 0.4) is 0 Å². The SMILES string of the molecule is COCc1noc(CCNc2ncc(C#N)c(N[C@@H]3CC(O)C3(C)C)n2)n1. The highest BCUT2D eigenvalue weighted by Crippen LogP contribution is 2.42. The summed E-state index contributed by atoms with van der Waals surface area (Å²) >= 11 is 0. The van der Waals surface area contributed by atoms with E-state index in [0.29, 0.717) is 55.0 Å². The highest BCUT2D eigenvalue weighted by Gasteiger charge is 2.47. The van der Waals surface area contributed by atoms with Gasteiger partial charge < -0.3 is 25.0 Å². The third-order valence-electron chi connectivity index (χ3n) is 4.84. The fourth-order valence-corrected chi connectivity index (χ4v) is 2.83. The van der Waals surface area contributed by atoms with Gasteiger partial charge >= 0.3 is 0 Å². The lowest BCUT2D eigenvalue weighted by atomic mass is 9.64. The molecular weight excluding hydrogens is 350 g/mol. The predicted molar refractivity (Wildman–Crippen MR) is 95.8 cm³/mol. The number of aliphatic hydroxyl groups is 1. The number of anilines is 2. The van der Waals surface area contributed by atoms with Gasteiger partial charge in [-0.1, -0.05) is 19.0 Å². The van der Waals surface area contributed by atoms with E-state index in [4.69, 9.17) is 9.26 Å². The summed E-state index contributed by atoms with van der Waals surface area (Å²) in [5.41, 5.74) is 0.0854. The quantitative estimate of drug-likeness (QED) is 0.615. The Balaban J connectivity index is 1.60. The molecular formula is C17H23N7O3. The maximum atomic E-state index is 9.89. The zero-order chi connectivity index (χ0) is 19.4. The summed E-state index contributed by atoms with van der Waals surface area (Å²) in [6.45, 7) is 4.76. The van der Waals surface area contributed by atoms with Crippen molar-refractivity contribution in [3.63, 3.8) is 0 Å². The van der Waals surface area contributed by atoms with Crippen LogP contribution in [0.25, 0.3) is 0 Å². The highest BCUT2D eigenvalue weighted by molar-refractivity contribution is 5.54. The molecule has 1 fully saturated rings. The van der Waals surface area contributed by atoms with Crippen LogP contribution in [0, 0.1) is 16.7 Å². The first-order valence-electron chi connectivity index (χ1n) is 8.70. The molecule has 0 aromatic carbocycles. The van der Waals surface area contributed by atoms with Gasteiger partial charge in [0.15, 0.2) is 5.82 Å². The Hall–Kier alpha value is -2.77. The Morgan fingerprint density at radius 1 is 1.44 bits per heavy atom. The number of aromatic nitrogens is 4. The van der Waals surface area contributed by atoms with Gasteiger partial charge in [-0.05, 0) is 6.42 Å². The number of hydrogen-bond acceptors (Lipinski definition) is 10. The van der Waals surface area contributed by atoms with Crippen molar-refractivity contribution in [1.29, 1.82) is 5.26 Å². The highest BCUT2D eigenvalue weighted by atomic mass is 16.5. The van der Waals surface area contributed by atoms with Gasteiger partial charge in [0, 0.05) is 31.5 Å². The molecule has 10 nitrogen and oxygen atoms in total.